The van der Waals surface area contributed by atoms with Crippen LogP contribution in [0.4, 0.5) is 0 Å². The minimum atomic E-state index is -1.22. The summed E-state index contributed by atoms with van der Waals surface area (Å²) in [6.07, 6.45) is 5.68. The number of aliphatic carboxylic acids is 2. The van der Waals surface area contributed by atoms with Gasteiger partial charge in [0.25, 0.3) is 0 Å². The smallest absolute Gasteiger partial charge is 0.341 e. The molecule has 2 heterocycles. The van der Waals surface area contributed by atoms with Gasteiger partial charge in [0.15, 0.2) is 0 Å². The Morgan fingerprint density at radius 2 is 2.00 bits per heavy atom. The summed E-state index contributed by atoms with van der Waals surface area (Å²) in [6, 6.07) is 5.43. The number of carboxylic acids is 2. The van der Waals surface area contributed by atoms with E-state index in [9.17, 15) is 14.4 Å². The number of nitrogens with one attached hydrogen (secondary N) is 1. The van der Waals surface area contributed by atoms with Gasteiger partial charge in [0.1, 0.15) is 5.56 Å². The maximum absolute atomic E-state index is 11.4. The van der Waals surface area contributed by atoms with Gasteiger partial charge in [-0.05, 0) is 37.6 Å². The van der Waals surface area contributed by atoms with E-state index in [1.165, 1.54) is 32.4 Å². The number of allylic oxidation sites excluding steroid dienone is 1. The zero-order valence-corrected chi connectivity index (χ0v) is 15.7. The molecule has 0 aliphatic heterocycles. The summed E-state index contributed by atoms with van der Waals surface area (Å²) in [6.45, 7) is 1.44. The van der Waals surface area contributed by atoms with Crippen LogP contribution in [0.2, 0.25) is 0 Å². The minimum absolute atomic E-state index is 0.0231. The largest absolute Gasteiger partial charge is 0.481 e. The van der Waals surface area contributed by atoms with Crippen molar-refractivity contribution in [2.75, 3.05) is 7.11 Å². The Kier molecular flexibility index (Phi) is 6.50. The van der Waals surface area contributed by atoms with Crippen LogP contribution in [0.15, 0.2) is 54.0 Å². The van der Waals surface area contributed by atoms with E-state index in [1.807, 2.05) is 6.07 Å². The predicted octanol–water partition coefficient (Wildman–Crippen LogP) is 1.59. The number of hydrogen-bond donors (Lipinski definition) is 4. The molecule has 1 unspecified atom stereocenters. The van der Waals surface area contributed by atoms with Crippen LogP contribution in [0.5, 0.6) is 0 Å². The van der Waals surface area contributed by atoms with Gasteiger partial charge in [0, 0.05) is 17.5 Å². The molecule has 1 aliphatic rings. The molecule has 5 N–H and O–H groups in total. The SMILES string of the molecule is CC1(C(=O)O)C=C(N)C=C(C(=O)O)C1.COC(=O)c1cn[nH]c1-c1ccccn1. The molecule has 0 bridgehead atoms. The van der Waals surface area contributed by atoms with E-state index >= 15 is 0 Å². The highest BCUT2D eigenvalue weighted by Crippen LogP contribution is 2.32. The molecule has 2 aromatic rings. The maximum Gasteiger partial charge on any atom is 0.341 e. The number of pyridine rings is 1. The quantitative estimate of drug-likeness (QED) is 0.557. The second-order valence-electron chi connectivity index (χ2n) is 6.38. The van der Waals surface area contributed by atoms with Crippen molar-refractivity contribution in [3.8, 4) is 11.4 Å². The van der Waals surface area contributed by atoms with E-state index < -0.39 is 23.3 Å². The summed E-state index contributed by atoms with van der Waals surface area (Å²) in [5.74, 6) is -2.63. The molecule has 1 aliphatic carbocycles. The highest BCUT2D eigenvalue weighted by Gasteiger charge is 2.36. The lowest BCUT2D eigenvalue weighted by atomic mass is 9.79. The van der Waals surface area contributed by atoms with Crippen LogP contribution >= 0.6 is 0 Å². The van der Waals surface area contributed by atoms with Crippen LogP contribution in [-0.2, 0) is 14.3 Å². The maximum atomic E-state index is 11.4. The fourth-order valence-corrected chi connectivity index (χ4v) is 2.64. The molecule has 3 rings (SSSR count). The Bertz CT molecular complexity index is 980. The molecule has 0 spiro atoms. The predicted molar refractivity (Wildman–Crippen MR) is 102 cm³/mol. The number of H-pyrrole nitrogens is 1. The molecule has 0 saturated heterocycles. The average Bonchev–Trinajstić information content (AvgIpc) is 3.17. The summed E-state index contributed by atoms with van der Waals surface area (Å²) < 4.78 is 4.63. The van der Waals surface area contributed by atoms with Gasteiger partial charge < -0.3 is 20.7 Å². The lowest BCUT2D eigenvalue weighted by Gasteiger charge is -2.24. The Balaban J connectivity index is 0.000000208. The lowest BCUT2D eigenvalue weighted by Crippen LogP contribution is -2.30. The number of nitrogens with two attached hydrogens (primary N) is 1. The summed E-state index contributed by atoms with van der Waals surface area (Å²) in [4.78, 5) is 37.0. The van der Waals surface area contributed by atoms with Gasteiger partial charge >= 0.3 is 17.9 Å². The molecule has 29 heavy (non-hydrogen) atoms. The van der Waals surface area contributed by atoms with E-state index in [0.29, 0.717) is 17.0 Å². The first-order chi connectivity index (χ1) is 13.7. The van der Waals surface area contributed by atoms with Crippen molar-refractivity contribution in [1.82, 2.24) is 15.2 Å². The normalized spacial score (nSPS) is 17.9. The van der Waals surface area contributed by atoms with Gasteiger partial charge in [-0.2, -0.15) is 5.10 Å². The monoisotopic (exact) mass is 400 g/mol. The van der Waals surface area contributed by atoms with Gasteiger partial charge in [-0.1, -0.05) is 6.07 Å². The number of carboxylic acid groups (broad SMARTS) is 2. The number of carbonyl (C=O) groups excluding carboxylic acids is 1. The van der Waals surface area contributed by atoms with E-state index in [1.54, 1.807) is 18.3 Å². The molecule has 0 saturated carbocycles. The molecule has 0 amide bonds. The molecule has 0 aromatic carbocycles. The Labute approximate surface area is 165 Å². The van der Waals surface area contributed by atoms with Crippen molar-refractivity contribution in [3.63, 3.8) is 0 Å². The first-order valence-electron chi connectivity index (χ1n) is 8.36. The molecule has 1 atom stereocenters. The van der Waals surface area contributed by atoms with Gasteiger partial charge in [-0.15, -0.1) is 0 Å². The fourth-order valence-electron chi connectivity index (χ4n) is 2.64. The van der Waals surface area contributed by atoms with Gasteiger partial charge in [-0.25, -0.2) is 9.59 Å². The zero-order valence-electron chi connectivity index (χ0n) is 15.7. The number of esters is 1. The summed E-state index contributed by atoms with van der Waals surface area (Å²) >= 11 is 0. The third-order valence-corrected chi connectivity index (χ3v) is 4.11. The second kappa shape index (κ2) is 8.83. The van der Waals surface area contributed by atoms with Crippen LogP contribution < -0.4 is 5.73 Å². The third-order valence-electron chi connectivity index (χ3n) is 4.11. The highest BCUT2D eigenvalue weighted by atomic mass is 16.5. The number of aromatic amines is 1. The van der Waals surface area contributed by atoms with Gasteiger partial charge in [-0.3, -0.25) is 14.9 Å². The molecule has 2 aromatic heterocycles. The van der Waals surface area contributed by atoms with Crippen LogP contribution in [0, 0.1) is 5.41 Å². The topological polar surface area (TPSA) is 168 Å². The van der Waals surface area contributed by atoms with Crippen LogP contribution in [0.1, 0.15) is 23.7 Å². The van der Waals surface area contributed by atoms with Crippen molar-refractivity contribution in [1.29, 1.82) is 0 Å². The Hall–Kier alpha value is -3.95. The molecular weight excluding hydrogens is 380 g/mol. The first kappa shape index (κ1) is 21.4. The average molecular weight is 400 g/mol. The Morgan fingerprint density at radius 3 is 2.55 bits per heavy atom. The van der Waals surface area contributed by atoms with E-state index in [-0.39, 0.29) is 17.7 Å². The summed E-state index contributed by atoms with van der Waals surface area (Å²) in [5.41, 5.74) is 6.04. The highest BCUT2D eigenvalue weighted by molar-refractivity contribution is 5.95. The minimum Gasteiger partial charge on any atom is -0.481 e. The lowest BCUT2D eigenvalue weighted by molar-refractivity contribution is -0.145. The molecule has 0 radical (unpaired) electrons. The molecule has 10 heteroatoms. The summed E-state index contributed by atoms with van der Waals surface area (Å²) in [7, 11) is 1.33. The summed E-state index contributed by atoms with van der Waals surface area (Å²) in [5, 5.41) is 24.1. The Morgan fingerprint density at radius 1 is 1.28 bits per heavy atom. The number of methoxy groups -OCH3 is 1. The zero-order chi connectivity index (χ0) is 21.6. The van der Waals surface area contributed by atoms with Crippen LogP contribution in [0.3, 0.4) is 0 Å². The van der Waals surface area contributed by atoms with Crippen molar-refractivity contribution in [3.05, 3.63) is 59.6 Å². The third kappa shape index (κ3) is 5.06. The van der Waals surface area contributed by atoms with Crippen LogP contribution in [-0.4, -0.2) is 50.4 Å². The van der Waals surface area contributed by atoms with Crippen molar-refractivity contribution in [2.45, 2.75) is 13.3 Å². The van der Waals surface area contributed by atoms with Crippen LogP contribution in [0.25, 0.3) is 11.4 Å². The molecule has 0 fully saturated rings. The van der Waals surface area contributed by atoms with Crippen molar-refractivity contribution >= 4 is 17.9 Å². The fraction of sp³-hybridized carbons (Fsp3) is 0.211. The van der Waals surface area contributed by atoms with E-state index in [2.05, 4.69) is 19.9 Å². The first-order valence-corrected chi connectivity index (χ1v) is 8.36. The second-order valence-corrected chi connectivity index (χ2v) is 6.38. The number of ether oxygens (including phenoxy) is 1. The van der Waals surface area contributed by atoms with Gasteiger partial charge in [0.2, 0.25) is 0 Å². The molecule has 10 nitrogen and oxygen atoms in total. The molecule has 152 valence electrons. The number of carbonyl (C=O) groups is 3. The standard InChI is InChI=1S/C10H9N3O2.C9H11NO4/c1-15-10(14)7-6-12-13-9(7)8-4-2-3-5-11-8;1-9(8(13)14)3-5(7(11)12)2-6(10)4-9/h2-6H,1H3,(H,12,13);2,4H,3,10H2,1H3,(H,11,12)(H,13,14). The number of nitrogens with zero attached hydrogens (tertiary/aromatic N) is 2. The number of rotatable bonds is 4. The molecular formula is C19H20N4O6. The van der Waals surface area contributed by atoms with E-state index in [4.69, 9.17) is 15.9 Å². The number of aromatic nitrogens is 3. The van der Waals surface area contributed by atoms with Crippen molar-refractivity contribution < 1.29 is 29.3 Å². The number of hydrogen-bond acceptors (Lipinski definition) is 7. The van der Waals surface area contributed by atoms with E-state index in [0.717, 1.165) is 0 Å². The van der Waals surface area contributed by atoms with Gasteiger partial charge in [0.05, 0.1) is 30.1 Å². The van der Waals surface area contributed by atoms with Crippen molar-refractivity contribution in [2.24, 2.45) is 11.1 Å².